The van der Waals surface area contributed by atoms with Crippen molar-refractivity contribution in [1.82, 2.24) is 4.98 Å². The van der Waals surface area contributed by atoms with Crippen LogP contribution in [0, 0.1) is 0 Å². The van der Waals surface area contributed by atoms with Crippen molar-refractivity contribution in [2.75, 3.05) is 5.01 Å². The van der Waals surface area contributed by atoms with Crippen LogP contribution in [0.1, 0.15) is 25.8 Å². The van der Waals surface area contributed by atoms with Crippen LogP contribution in [0.15, 0.2) is 35.2 Å². The number of anilines is 1. The molecular formula is C12H15N3. The Balaban J connectivity index is 2.22. The van der Waals surface area contributed by atoms with Crippen LogP contribution in [-0.4, -0.2) is 11.2 Å². The average molecular weight is 201 g/mol. The molecule has 2 heterocycles. The Kier molecular flexibility index (Phi) is 2.81. The van der Waals surface area contributed by atoms with Crippen LogP contribution >= 0.6 is 0 Å². The normalized spacial score (nSPS) is 15.3. The number of nitrogens with zero attached hydrogens (tertiary/aromatic N) is 3. The minimum atomic E-state index is 0.877. The standard InChI is InChI=1S/C12H15N3/c1-3-11-4-5-12(13-8-11)15-9-10(2)6-7-14-15/h4-5,7-9H,3,6H2,1-2H3. The molecule has 1 aromatic rings. The summed E-state index contributed by atoms with van der Waals surface area (Å²) in [5, 5.41) is 6.09. The predicted molar refractivity (Wildman–Crippen MR) is 63.0 cm³/mol. The van der Waals surface area contributed by atoms with Crippen LogP contribution in [0.5, 0.6) is 0 Å². The summed E-state index contributed by atoms with van der Waals surface area (Å²) in [7, 11) is 0. The van der Waals surface area contributed by atoms with E-state index in [0.29, 0.717) is 0 Å². The largest absolute Gasteiger partial charge is 0.237 e. The first kappa shape index (κ1) is 9.90. The highest BCUT2D eigenvalue weighted by Crippen LogP contribution is 2.17. The Labute approximate surface area is 90.1 Å². The molecule has 0 amide bonds. The van der Waals surface area contributed by atoms with Gasteiger partial charge in [0.15, 0.2) is 5.82 Å². The number of aryl methyl sites for hydroxylation is 1. The van der Waals surface area contributed by atoms with Gasteiger partial charge in [-0.3, -0.25) is 0 Å². The van der Waals surface area contributed by atoms with E-state index in [1.165, 1.54) is 11.1 Å². The number of hydrazone groups is 1. The first-order valence-electron chi connectivity index (χ1n) is 5.23. The summed E-state index contributed by atoms with van der Waals surface area (Å²) in [5.74, 6) is 0.877. The zero-order chi connectivity index (χ0) is 10.7. The molecule has 15 heavy (non-hydrogen) atoms. The van der Waals surface area contributed by atoms with Crippen LogP contribution in [0.3, 0.4) is 0 Å². The van der Waals surface area contributed by atoms with Crippen molar-refractivity contribution < 1.29 is 0 Å². The van der Waals surface area contributed by atoms with E-state index in [4.69, 9.17) is 0 Å². The van der Waals surface area contributed by atoms with Crippen molar-refractivity contribution in [2.45, 2.75) is 26.7 Å². The number of aromatic nitrogens is 1. The van der Waals surface area contributed by atoms with E-state index < -0.39 is 0 Å². The van der Waals surface area contributed by atoms with Gasteiger partial charge in [-0.25, -0.2) is 9.99 Å². The molecule has 0 N–H and O–H groups in total. The Morgan fingerprint density at radius 2 is 2.27 bits per heavy atom. The summed E-state index contributed by atoms with van der Waals surface area (Å²) in [6.45, 7) is 4.22. The molecule has 1 aliphatic rings. The fraction of sp³-hybridized carbons (Fsp3) is 0.333. The maximum Gasteiger partial charge on any atom is 0.153 e. The molecule has 78 valence electrons. The maximum absolute atomic E-state index is 4.38. The van der Waals surface area contributed by atoms with Crippen molar-refractivity contribution in [3.8, 4) is 0 Å². The quantitative estimate of drug-likeness (QED) is 0.736. The molecule has 2 rings (SSSR count). The minimum absolute atomic E-state index is 0.877. The van der Waals surface area contributed by atoms with Crippen LogP contribution in [0.25, 0.3) is 0 Å². The van der Waals surface area contributed by atoms with E-state index in [1.54, 1.807) is 0 Å². The lowest BCUT2D eigenvalue weighted by molar-refractivity contribution is 0.973. The molecule has 0 unspecified atom stereocenters. The molecule has 0 bridgehead atoms. The predicted octanol–water partition coefficient (Wildman–Crippen LogP) is 2.74. The molecule has 0 atom stereocenters. The molecule has 0 radical (unpaired) electrons. The van der Waals surface area contributed by atoms with E-state index in [2.05, 4.69) is 30.0 Å². The zero-order valence-electron chi connectivity index (χ0n) is 9.14. The third-order valence-electron chi connectivity index (χ3n) is 2.41. The van der Waals surface area contributed by atoms with Crippen LogP contribution in [-0.2, 0) is 6.42 Å². The number of rotatable bonds is 2. The average Bonchev–Trinajstić information content (AvgIpc) is 2.29. The molecule has 3 nitrogen and oxygen atoms in total. The Morgan fingerprint density at radius 3 is 2.87 bits per heavy atom. The van der Waals surface area contributed by atoms with E-state index in [1.807, 2.05) is 29.7 Å². The van der Waals surface area contributed by atoms with E-state index in [9.17, 15) is 0 Å². The molecule has 0 fully saturated rings. The molecule has 1 aromatic heterocycles. The minimum Gasteiger partial charge on any atom is -0.237 e. The summed E-state index contributed by atoms with van der Waals surface area (Å²) < 4.78 is 0. The second-order valence-electron chi connectivity index (χ2n) is 3.70. The molecular weight excluding hydrogens is 186 g/mol. The van der Waals surface area contributed by atoms with Crippen molar-refractivity contribution in [3.63, 3.8) is 0 Å². The lowest BCUT2D eigenvalue weighted by Gasteiger charge is -2.17. The monoisotopic (exact) mass is 201 g/mol. The molecule has 0 saturated carbocycles. The zero-order valence-corrected chi connectivity index (χ0v) is 9.14. The lowest BCUT2D eigenvalue weighted by Crippen LogP contribution is -2.13. The number of hydrogen-bond acceptors (Lipinski definition) is 3. The summed E-state index contributed by atoms with van der Waals surface area (Å²) in [6, 6.07) is 4.10. The molecule has 0 aliphatic carbocycles. The van der Waals surface area contributed by atoms with Gasteiger partial charge in [-0.1, -0.05) is 13.0 Å². The van der Waals surface area contributed by atoms with Gasteiger partial charge in [0.1, 0.15) is 0 Å². The fourth-order valence-electron chi connectivity index (χ4n) is 1.45. The summed E-state index contributed by atoms with van der Waals surface area (Å²) in [5.41, 5.74) is 2.55. The highest BCUT2D eigenvalue weighted by molar-refractivity contribution is 5.66. The van der Waals surface area contributed by atoms with E-state index >= 15 is 0 Å². The smallest absolute Gasteiger partial charge is 0.153 e. The topological polar surface area (TPSA) is 28.5 Å². The van der Waals surface area contributed by atoms with Gasteiger partial charge in [-0.2, -0.15) is 5.10 Å². The van der Waals surface area contributed by atoms with Crippen molar-refractivity contribution in [3.05, 3.63) is 35.7 Å². The van der Waals surface area contributed by atoms with Gasteiger partial charge >= 0.3 is 0 Å². The van der Waals surface area contributed by atoms with Crippen LogP contribution in [0.2, 0.25) is 0 Å². The van der Waals surface area contributed by atoms with Crippen LogP contribution < -0.4 is 5.01 Å². The van der Waals surface area contributed by atoms with Gasteiger partial charge in [0.2, 0.25) is 0 Å². The molecule has 0 saturated heterocycles. The Morgan fingerprint density at radius 1 is 1.40 bits per heavy atom. The second-order valence-corrected chi connectivity index (χ2v) is 3.70. The summed E-state index contributed by atoms with van der Waals surface area (Å²) in [6.07, 6.45) is 7.79. The van der Waals surface area contributed by atoms with Crippen molar-refractivity contribution in [1.29, 1.82) is 0 Å². The van der Waals surface area contributed by atoms with Crippen molar-refractivity contribution in [2.24, 2.45) is 5.10 Å². The van der Waals surface area contributed by atoms with Gasteiger partial charge in [0, 0.05) is 25.0 Å². The first-order valence-corrected chi connectivity index (χ1v) is 5.23. The second kappa shape index (κ2) is 4.26. The number of hydrogen-bond donors (Lipinski definition) is 0. The summed E-state index contributed by atoms with van der Waals surface area (Å²) in [4.78, 5) is 4.38. The van der Waals surface area contributed by atoms with Gasteiger partial charge in [-0.15, -0.1) is 0 Å². The fourth-order valence-corrected chi connectivity index (χ4v) is 1.45. The van der Waals surface area contributed by atoms with Crippen molar-refractivity contribution >= 4 is 12.0 Å². The Hall–Kier alpha value is -1.64. The molecule has 0 spiro atoms. The molecule has 1 aliphatic heterocycles. The molecule has 3 heteroatoms. The van der Waals surface area contributed by atoms with E-state index in [-0.39, 0.29) is 0 Å². The maximum atomic E-state index is 4.38. The third-order valence-corrected chi connectivity index (χ3v) is 2.41. The Bertz CT molecular complexity index is 390. The van der Waals surface area contributed by atoms with Gasteiger partial charge in [0.25, 0.3) is 0 Å². The molecule has 0 aromatic carbocycles. The van der Waals surface area contributed by atoms with Crippen LogP contribution in [0.4, 0.5) is 5.82 Å². The highest BCUT2D eigenvalue weighted by Gasteiger charge is 2.06. The third kappa shape index (κ3) is 2.24. The SMILES string of the molecule is CCc1ccc(N2C=C(C)CC=N2)nc1. The number of allylic oxidation sites excluding steroid dienone is 1. The van der Waals surface area contributed by atoms with Gasteiger partial charge in [0.05, 0.1) is 0 Å². The first-order chi connectivity index (χ1) is 7.29. The van der Waals surface area contributed by atoms with E-state index in [0.717, 1.165) is 18.7 Å². The highest BCUT2D eigenvalue weighted by atomic mass is 15.5. The number of pyridine rings is 1. The lowest BCUT2D eigenvalue weighted by atomic mass is 10.2. The van der Waals surface area contributed by atoms with Gasteiger partial charge in [-0.05, 0) is 30.5 Å². The van der Waals surface area contributed by atoms with Gasteiger partial charge < -0.3 is 0 Å². The summed E-state index contributed by atoms with van der Waals surface area (Å²) >= 11 is 0.